The van der Waals surface area contributed by atoms with Crippen molar-refractivity contribution in [2.45, 2.75) is 11.3 Å². The first-order valence-electron chi connectivity index (χ1n) is 10.2. The van der Waals surface area contributed by atoms with Crippen LogP contribution in [0.5, 0.6) is 0 Å². The predicted octanol–water partition coefficient (Wildman–Crippen LogP) is 3.21. The lowest BCUT2D eigenvalue weighted by atomic mass is 10.1. The Bertz CT molecular complexity index is 1220. The Morgan fingerprint density at radius 2 is 1.82 bits per heavy atom. The molecule has 2 heterocycles. The Morgan fingerprint density at radius 3 is 2.45 bits per heavy atom. The summed E-state index contributed by atoms with van der Waals surface area (Å²) in [6, 6.07) is 12.3. The molecule has 1 aliphatic heterocycles. The van der Waals surface area contributed by atoms with E-state index in [9.17, 15) is 17.6 Å². The number of halogens is 2. The average molecular weight is 492 g/mol. The fourth-order valence-corrected chi connectivity index (χ4v) is 4.80. The van der Waals surface area contributed by atoms with E-state index in [-0.39, 0.29) is 35.1 Å². The Morgan fingerprint density at radius 1 is 1.09 bits per heavy atom. The summed E-state index contributed by atoms with van der Waals surface area (Å²) >= 11 is 6.03. The van der Waals surface area contributed by atoms with Gasteiger partial charge in [-0.05, 0) is 42.5 Å². The normalized spacial score (nSPS) is 14.2. The minimum absolute atomic E-state index is 0. The number of aromatic nitrogens is 2. The van der Waals surface area contributed by atoms with E-state index < -0.39 is 15.8 Å². The molecule has 0 spiro atoms. The quantitative estimate of drug-likeness (QED) is 0.569. The zero-order valence-corrected chi connectivity index (χ0v) is 19.1. The summed E-state index contributed by atoms with van der Waals surface area (Å²) in [5.74, 6) is -0.482. The van der Waals surface area contributed by atoms with Gasteiger partial charge >= 0.3 is 0 Å². The molecule has 0 unspecified atom stereocenters. The van der Waals surface area contributed by atoms with Gasteiger partial charge in [0.2, 0.25) is 5.91 Å². The number of nitrogens with one attached hydrogen (secondary N) is 1. The number of hydrogen-bond donors (Lipinski definition) is 1. The second kappa shape index (κ2) is 9.72. The highest BCUT2D eigenvalue weighted by atomic mass is 35.5. The SMILES string of the molecule is O=C(Cc1c(F)cccc1Cl)N1CCN(c2ccc(S(=O)(=O)Nc3ccncn3)cc2)CC1.[HH]. The number of piperazine rings is 1. The molecule has 4 rings (SSSR count). The summed E-state index contributed by atoms with van der Waals surface area (Å²) in [7, 11) is -3.77. The molecule has 1 fully saturated rings. The molecule has 1 N–H and O–H groups in total. The molecule has 0 radical (unpaired) electrons. The molecule has 1 aromatic heterocycles. The van der Waals surface area contributed by atoms with Crippen molar-refractivity contribution in [1.82, 2.24) is 14.9 Å². The van der Waals surface area contributed by atoms with Crippen LogP contribution >= 0.6 is 11.6 Å². The summed E-state index contributed by atoms with van der Waals surface area (Å²) in [6.45, 7) is 2.09. The second-order valence-electron chi connectivity index (χ2n) is 7.44. The van der Waals surface area contributed by atoms with Crippen LogP contribution in [-0.2, 0) is 21.2 Å². The monoisotopic (exact) mass is 491 g/mol. The second-order valence-corrected chi connectivity index (χ2v) is 9.53. The van der Waals surface area contributed by atoms with Crippen LogP contribution in [0.3, 0.4) is 0 Å². The smallest absolute Gasteiger partial charge is 0.263 e. The molecule has 11 heteroatoms. The molecule has 1 amide bonds. The zero-order chi connectivity index (χ0) is 23.4. The van der Waals surface area contributed by atoms with E-state index in [0.717, 1.165) is 5.69 Å². The van der Waals surface area contributed by atoms with Crippen molar-refractivity contribution in [3.63, 3.8) is 0 Å². The lowest BCUT2D eigenvalue weighted by Gasteiger charge is -2.36. The van der Waals surface area contributed by atoms with E-state index in [2.05, 4.69) is 19.6 Å². The number of carbonyl (C=O) groups is 1. The summed E-state index contributed by atoms with van der Waals surface area (Å²) in [5.41, 5.74) is 1.05. The highest BCUT2D eigenvalue weighted by molar-refractivity contribution is 7.92. The first-order valence-corrected chi connectivity index (χ1v) is 12.0. The molecule has 0 saturated carbocycles. The van der Waals surface area contributed by atoms with Gasteiger partial charge in [0.15, 0.2) is 0 Å². The van der Waals surface area contributed by atoms with Gasteiger partial charge in [0, 0.05) is 50.1 Å². The van der Waals surface area contributed by atoms with Gasteiger partial charge in [-0.3, -0.25) is 9.52 Å². The number of nitrogens with zero attached hydrogens (tertiary/aromatic N) is 4. The van der Waals surface area contributed by atoms with Crippen molar-refractivity contribution in [2.75, 3.05) is 35.8 Å². The lowest BCUT2D eigenvalue weighted by molar-refractivity contribution is -0.130. The van der Waals surface area contributed by atoms with E-state index in [1.54, 1.807) is 23.1 Å². The first kappa shape index (κ1) is 22.9. The van der Waals surface area contributed by atoms with Crippen molar-refractivity contribution in [2.24, 2.45) is 0 Å². The molecular weight excluding hydrogens is 469 g/mol. The standard InChI is InChI=1S/C22H21ClFN5O3S.H2/c23-19-2-1-3-20(24)18(19)14-22(30)29-12-10-28(11-13-29)16-4-6-17(7-5-16)33(31,32)27-21-8-9-25-15-26-21;/h1-9,15H,10-14H2,(H,25,26,27);1H. The molecule has 0 bridgehead atoms. The van der Waals surface area contributed by atoms with E-state index in [0.29, 0.717) is 26.2 Å². The molecule has 2 aromatic carbocycles. The molecular formula is C22H23ClFN5O3S. The van der Waals surface area contributed by atoms with E-state index >= 15 is 0 Å². The minimum Gasteiger partial charge on any atom is -0.368 e. The minimum atomic E-state index is -3.77. The van der Waals surface area contributed by atoms with Crippen molar-refractivity contribution in [3.8, 4) is 0 Å². The van der Waals surface area contributed by atoms with Crippen LogP contribution in [0.4, 0.5) is 15.9 Å². The zero-order valence-electron chi connectivity index (χ0n) is 17.5. The van der Waals surface area contributed by atoms with Crippen molar-refractivity contribution >= 4 is 39.0 Å². The van der Waals surface area contributed by atoms with Gasteiger partial charge < -0.3 is 9.80 Å². The Hall–Kier alpha value is -3.24. The highest BCUT2D eigenvalue weighted by Crippen LogP contribution is 2.23. The average Bonchev–Trinajstić information content (AvgIpc) is 2.82. The van der Waals surface area contributed by atoms with Crippen LogP contribution in [0.25, 0.3) is 0 Å². The third-order valence-corrected chi connectivity index (χ3v) is 7.08. The topological polar surface area (TPSA) is 95.5 Å². The predicted molar refractivity (Wildman–Crippen MR) is 125 cm³/mol. The van der Waals surface area contributed by atoms with Crippen molar-refractivity contribution in [1.29, 1.82) is 0 Å². The maximum atomic E-state index is 14.0. The van der Waals surface area contributed by atoms with Crippen LogP contribution in [0.1, 0.15) is 6.99 Å². The fraction of sp³-hybridized carbons (Fsp3) is 0.227. The van der Waals surface area contributed by atoms with Crippen LogP contribution in [-0.4, -0.2) is 55.4 Å². The van der Waals surface area contributed by atoms with Crippen molar-refractivity contribution < 1.29 is 19.0 Å². The van der Waals surface area contributed by atoms with Crippen LogP contribution in [0.2, 0.25) is 5.02 Å². The Kier molecular flexibility index (Phi) is 6.75. The number of hydrogen-bond acceptors (Lipinski definition) is 6. The van der Waals surface area contributed by atoms with Gasteiger partial charge in [0.05, 0.1) is 11.3 Å². The van der Waals surface area contributed by atoms with Crippen LogP contribution < -0.4 is 9.62 Å². The van der Waals surface area contributed by atoms with Gasteiger partial charge in [0.25, 0.3) is 10.0 Å². The van der Waals surface area contributed by atoms with Gasteiger partial charge in [-0.25, -0.2) is 22.8 Å². The van der Waals surface area contributed by atoms with E-state index in [1.807, 2.05) is 0 Å². The largest absolute Gasteiger partial charge is 0.368 e. The Labute approximate surface area is 197 Å². The van der Waals surface area contributed by atoms with Gasteiger partial charge in [-0.1, -0.05) is 17.7 Å². The molecule has 1 aliphatic rings. The molecule has 0 aliphatic carbocycles. The first-order chi connectivity index (χ1) is 15.8. The highest BCUT2D eigenvalue weighted by Gasteiger charge is 2.23. The van der Waals surface area contributed by atoms with Gasteiger partial charge in [-0.2, -0.15) is 0 Å². The maximum absolute atomic E-state index is 14.0. The number of benzene rings is 2. The summed E-state index contributed by atoms with van der Waals surface area (Å²) < 4.78 is 41.5. The summed E-state index contributed by atoms with van der Waals surface area (Å²) in [6.07, 6.45) is 2.62. The third-order valence-electron chi connectivity index (χ3n) is 5.36. The molecule has 174 valence electrons. The molecule has 8 nitrogen and oxygen atoms in total. The number of sulfonamides is 1. The van der Waals surface area contributed by atoms with Gasteiger partial charge in [0.1, 0.15) is 18.0 Å². The van der Waals surface area contributed by atoms with E-state index in [1.165, 1.54) is 42.9 Å². The van der Waals surface area contributed by atoms with Crippen LogP contribution in [0.15, 0.2) is 66.0 Å². The van der Waals surface area contributed by atoms with E-state index in [4.69, 9.17) is 11.6 Å². The lowest BCUT2D eigenvalue weighted by Crippen LogP contribution is -2.49. The molecule has 3 aromatic rings. The fourth-order valence-electron chi connectivity index (χ4n) is 3.56. The number of amides is 1. The number of rotatable bonds is 6. The number of carbonyl (C=O) groups excluding carboxylic acids is 1. The van der Waals surface area contributed by atoms with Gasteiger partial charge in [-0.15, -0.1) is 0 Å². The summed E-state index contributed by atoms with van der Waals surface area (Å²) in [5, 5.41) is 0.242. The Balaban J connectivity index is 0.00000324. The van der Waals surface area contributed by atoms with Crippen LogP contribution in [0, 0.1) is 5.82 Å². The maximum Gasteiger partial charge on any atom is 0.263 e. The molecule has 0 atom stereocenters. The van der Waals surface area contributed by atoms with Crippen molar-refractivity contribution in [3.05, 3.63) is 77.5 Å². The number of anilines is 2. The molecule has 33 heavy (non-hydrogen) atoms. The summed E-state index contributed by atoms with van der Waals surface area (Å²) in [4.78, 5) is 24.1. The molecule has 1 saturated heterocycles. The third kappa shape index (κ3) is 5.40.